The Labute approximate surface area is 159 Å². The van der Waals surface area contributed by atoms with E-state index in [1.54, 1.807) is 14.2 Å². The number of hydrogen-bond acceptors (Lipinski definition) is 5. The van der Waals surface area contributed by atoms with Gasteiger partial charge in [0.2, 0.25) is 0 Å². The fraction of sp³-hybridized carbons (Fsp3) is 0.211. The second-order valence-electron chi connectivity index (χ2n) is 5.41. The van der Waals surface area contributed by atoms with E-state index in [1.807, 2.05) is 36.4 Å². The first kappa shape index (κ1) is 17.6. The Morgan fingerprint density at radius 2 is 1.76 bits per heavy atom. The van der Waals surface area contributed by atoms with Gasteiger partial charge in [0.1, 0.15) is 29.4 Å². The van der Waals surface area contributed by atoms with Crippen molar-refractivity contribution in [2.45, 2.75) is 13.5 Å². The highest BCUT2D eigenvalue weighted by Crippen LogP contribution is 2.39. The van der Waals surface area contributed by atoms with Gasteiger partial charge in [0, 0.05) is 29.5 Å². The van der Waals surface area contributed by atoms with Gasteiger partial charge in [0.25, 0.3) is 0 Å². The van der Waals surface area contributed by atoms with Crippen molar-refractivity contribution in [2.24, 2.45) is 0 Å². The summed E-state index contributed by atoms with van der Waals surface area (Å²) in [5.74, 6) is 1.87. The normalized spacial score (nSPS) is 10.7. The number of halogens is 1. The average molecular weight is 452 g/mol. The van der Waals surface area contributed by atoms with Gasteiger partial charge >= 0.3 is 5.97 Å². The number of ether oxygens (including phenoxy) is 3. The van der Waals surface area contributed by atoms with Gasteiger partial charge in [0.05, 0.1) is 17.8 Å². The molecule has 25 heavy (non-hydrogen) atoms. The molecule has 1 heterocycles. The molecule has 0 unspecified atom stereocenters. The number of hydrogen-bond donors (Lipinski definition) is 0. The van der Waals surface area contributed by atoms with Crippen molar-refractivity contribution in [1.82, 2.24) is 0 Å². The summed E-state index contributed by atoms with van der Waals surface area (Å²) in [5, 5.41) is 0.925. The van der Waals surface area contributed by atoms with Crippen molar-refractivity contribution < 1.29 is 23.4 Å². The molecule has 0 aliphatic carbocycles. The van der Waals surface area contributed by atoms with E-state index in [4.69, 9.17) is 18.6 Å². The first-order valence-electron chi connectivity index (χ1n) is 7.60. The third-order valence-corrected chi connectivity index (χ3v) is 4.84. The van der Waals surface area contributed by atoms with Gasteiger partial charge in [-0.2, -0.15) is 0 Å². The van der Waals surface area contributed by atoms with Crippen molar-refractivity contribution >= 4 is 39.5 Å². The topological polar surface area (TPSA) is 57.9 Å². The first-order chi connectivity index (χ1) is 12.0. The second-order valence-corrected chi connectivity index (χ2v) is 6.49. The van der Waals surface area contributed by atoms with Crippen molar-refractivity contribution in [3.05, 3.63) is 45.5 Å². The molecule has 1 aromatic heterocycles. The predicted octanol–water partition coefficient (Wildman–Crippen LogP) is 4.78. The molecule has 0 bridgehead atoms. The standard InChI is InChI=1S/C19H17IO5/c1-11(21)24-10-13-8-15(23-3)9-16-17(13)18(20)19(25-16)12-4-6-14(22-2)7-5-12/h4-9H,10H2,1-3H3. The lowest BCUT2D eigenvalue weighted by Crippen LogP contribution is -2.00. The van der Waals surface area contributed by atoms with E-state index in [1.165, 1.54) is 6.92 Å². The minimum Gasteiger partial charge on any atom is -0.497 e. The SMILES string of the molecule is COc1ccc(-c2oc3cc(OC)cc(COC(C)=O)c3c2I)cc1. The van der Waals surface area contributed by atoms with Gasteiger partial charge in [-0.1, -0.05) is 0 Å². The number of methoxy groups -OCH3 is 2. The van der Waals surface area contributed by atoms with E-state index in [9.17, 15) is 4.79 Å². The Kier molecular flexibility index (Phi) is 5.17. The molecule has 0 radical (unpaired) electrons. The number of benzene rings is 2. The number of fused-ring (bicyclic) bond motifs is 1. The van der Waals surface area contributed by atoms with E-state index >= 15 is 0 Å². The Balaban J connectivity index is 2.13. The zero-order valence-corrected chi connectivity index (χ0v) is 16.2. The molecule has 0 fully saturated rings. The van der Waals surface area contributed by atoms with Gasteiger partial charge in [-0.05, 0) is 52.9 Å². The van der Waals surface area contributed by atoms with Crippen LogP contribution in [0, 0.1) is 3.57 Å². The molecule has 2 aromatic carbocycles. The van der Waals surface area contributed by atoms with Crippen LogP contribution in [-0.2, 0) is 16.1 Å². The molecule has 3 rings (SSSR count). The van der Waals surface area contributed by atoms with Crippen LogP contribution in [0.4, 0.5) is 0 Å². The van der Waals surface area contributed by atoms with Crippen molar-refractivity contribution in [3.8, 4) is 22.8 Å². The van der Waals surface area contributed by atoms with Crippen molar-refractivity contribution in [2.75, 3.05) is 14.2 Å². The smallest absolute Gasteiger partial charge is 0.302 e. The van der Waals surface area contributed by atoms with Crippen LogP contribution in [0.15, 0.2) is 40.8 Å². The number of carbonyl (C=O) groups excluding carboxylic acids is 1. The Morgan fingerprint density at radius 1 is 1.08 bits per heavy atom. The van der Waals surface area contributed by atoms with Crippen LogP contribution in [0.1, 0.15) is 12.5 Å². The zero-order valence-electron chi connectivity index (χ0n) is 14.1. The second kappa shape index (κ2) is 7.35. The maximum atomic E-state index is 11.2. The highest BCUT2D eigenvalue weighted by atomic mass is 127. The van der Waals surface area contributed by atoms with Crippen LogP contribution in [-0.4, -0.2) is 20.2 Å². The molecule has 5 nitrogen and oxygen atoms in total. The maximum absolute atomic E-state index is 11.2. The molecule has 0 saturated carbocycles. The average Bonchev–Trinajstić information content (AvgIpc) is 2.96. The molecule has 0 spiro atoms. The molecular weight excluding hydrogens is 435 g/mol. The minimum atomic E-state index is -0.329. The monoisotopic (exact) mass is 452 g/mol. The van der Waals surface area contributed by atoms with Gasteiger partial charge in [-0.3, -0.25) is 4.79 Å². The molecule has 0 aliphatic rings. The summed E-state index contributed by atoms with van der Waals surface area (Å²) < 4.78 is 22.8. The first-order valence-corrected chi connectivity index (χ1v) is 8.68. The van der Waals surface area contributed by atoms with Crippen molar-refractivity contribution in [1.29, 1.82) is 0 Å². The van der Waals surface area contributed by atoms with Crippen LogP contribution >= 0.6 is 22.6 Å². The van der Waals surface area contributed by atoms with E-state index in [2.05, 4.69) is 22.6 Å². The highest BCUT2D eigenvalue weighted by molar-refractivity contribution is 14.1. The Morgan fingerprint density at radius 3 is 2.36 bits per heavy atom. The molecule has 0 atom stereocenters. The minimum absolute atomic E-state index is 0.167. The summed E-state index contributed by atoms with van der Waals surface area (Å²) in [6.07, 6.45) is 0. The van der Waals surface area contributed by atoms with Crippen LogP contribution in [0.3, 0.4) is 0 Å². The number of furan rings is 1. The number of rotatable bonds is 5. The highest BCUT2D eigenvalue weighted by Gasteiger charge is 2.19. The van der Waals surface area contributed by atoms with Gasteiger partial charge in [-0.25, -0.2) is 0 Å². The fourth-order valence-corrected chi connectivity index (χ4v) is 3.62. The van der Waals surface area contributed by atoms with Crippen LogP contribution in [0.25, 0.3) is 22.3 Å². The molecule has 0 saturated heterocycles. The Hall–Kier alpha value is -2.22. The lowest BCUT2D eigenvalue weighted by molar-refractivity contribution is -0.142. The van der Waals surface area contributed by atoms with Gasteiger partial charge in [-0.15, -0.1) is 0 Å². The van der Waals surface area contributed by atoms with Crippen LogP contribution in [0.2, 0.25) is 0 Å². The summed E-state index contributed by atoms with van der Waals surface area (Å²) in [6.45, 7) is 1.56. The van der Waals surface area contributed by atoms with E-state index < -0.39 is 0 Å². The van der Waals surface area contributed by atoms with E-state index in [0.717, 1.165) is 31.6 Å². The molecule has 0 aliphatic heterocycles. The third-order valence-electron chi connectivity index (χ3n) is 3.81. The molecule has 0 amide bonds. The quantitative estimate of drug-likeness (QED) is 0.412. The summed E-state index contributed by atoms with van der Waals surface area (Å²) in [4.78, 5) is 11.2. The van der Waals surface area contributed by atoms with E-state index in [0.29, 0.717) is 11.3 Å². The largest absolute Gasteiger partial charge is 0.497 e. The van der Waals surface area contributed by atoms with Crippen LogP contribution < -0.4 is 9.47 Å². The lowest BCUT2D eigenvalue weighted by Gasteiger charge is -2.07. The Bertz CT molecular complexity index is 912. The fourth-order valence-electron chi connectivity index (χ4n) is 2.58. The number of carbonyl (C=O) groups is 1. The summed E-state index contributed by atoms with van der Waals surface area (Å²) in [7, 11) is 3.22. The maximum Gasteiger partial charge on any atom is 0.302 e. The van der Waals surface area contributed by atoms with Crippen LogP contribution in [0.5, 0.6) is 11.5 Å². The van der Waals surface area contributed by atoms with E-state index in [-0.39, 0.29) is 12.6 Å². The summed E-state index contributed by atoms with van der Waals surface area (Å²) in [5.41, 5.74) is 2.48. The molecule has 0 N–H and O–H groups in total. The summed E-state index contributed by atoms with van der Waals surface area (Å²) >= 11 is 2.26. The molecule has 6 heteroatoms. The van der Waals surface area contributed by atoms with Gasteiger partial charge in [0.15, 0.2) is 0 Å². The number of esters is 1. The molecule has 130 valence electrons. The molecule has 3 aromatic rings. The van der Waals surface area contributed by atoms with Crippen molar-refractivity contribution in [3.63, 3.8) is 0 Å². The summed E-state index contributed by atoms with van der Waals surface area (Å²) in [6, 6.07) is 11.4. The zero-order chi connectivity index (χ0) is 18.0. The lowest BCUT2D eigenvalue weighted by atomic mass is 10.1. The predicted molar refractivity (Wildman–Crippen MR) is 103 cm³/mol. The van der Waals surface area contributed by atoms with Gasteiger partial charge < -0.3 is 18.6 Å². The molecular formula is C19H17IO5. The third kappa shape index (κ3) is 3.58.